The van der Waals surface area contributed by atoms with Crippen LogP contribution in [0.3, 0.4) is 0 Å². The maximum Gasteiger partial charge on any atom is 0.301 e. The number of aromatic nitrogens is 5. The van der Waals surface area contributed by atoms with E-state index in [0.717, 1.165) is 5.56 Å². The number of fused-ring (bicyclic) bond motifs is 1. The lowest BCUT2D eigenvalue weighted by molar-refractivity contribution is 0.644. The normalized spacial score (nSPS) is 11.2. The van der Waals surface area contributed by atoms with Crippen LogP contribution in [0.5, 0.6) is 0 Å². The summed E-state index contributed by atoms with van der Waals surface area (Å²) in [4.78, 5) is 15.9. The van der Waals surface area contributed by atoms with Crippen LogP contribution in [-0.4, -0.2) is 24.5 Å². The zero-order valence-electron chi connectivity index (χ0n) is 11.2. The summed E-state index contributed by atoms with van der Waals surface area (Å²) in [5.74, 6) is 0. The van der Waals surface area contributed by atoms with E-state index in [4.69, 9.17) is 11.6 Å². The van der Waals surface area contributed by atoms with Gasteiger partial charge in [-0.3, -0.25) is 9.36 Å². The van der Waals surface area contributed by atoms with Gasteiger partial charge in [-0.05, 0) is 24.6 Å². The molecule has 2 heterocycles. The molecule has 8 heteroatoms. The molecular formula is C13H12ClN5OS. The van der Waals surface area contributed by atoms with Crippen LogP contribution in [0.15, 0.2) is 34.2 Å². The zero-order chi connectivity index (χ0) is 15.0. The van der Waals surface area contributed by atoms with Crippen LogP contribution < -0.4 is 5.56 Å². The number of thiol groups is 1. The topological polar surface area (TPSA) is 65.6 Å². The highest BCUT2D eigenvalue weighted by Gasteiger charge is 2.15. The quantitative estimate of drug-likeness (QED) is 0.592. The van der Waals surface area contributed by atoms with Gasteiger partial charge in [-0.25, -0.2) is 4.68 Å². The molecule has 21 heavy (non-hydrogen) atoms. The van der Waals surface area contributed by atoms with E-state index in [-0.39, 0.29) is 5.56 Å². The summed E-state index contributed by atoms with van der Waals surface area (Å²) in [5.41, 5.74) is 1.52. The van der Waals surface area contributed by atoms with Gasteiger partial charge in [0.15, 0.2) is 16.3 Å². The van der Waals surface area contributed by atoms with Crippen LogP contribution in [-0.2, 0) is 13.1 Å². The van der Waals surface area contributed by atoms with E-state index >= 15 is 0 Å². The van der Waals surface area contributed by atoms with Gasteiger partial charge in [-0.2, -0.15) is 4.98 Å². The Bertz CT molecular complexity index is 855. The van der Waals surface area contributed by atoms with Crippen molar-refractivity contribution in [3.05, 3.63) is 45.2 Å². The molecule has 0 saturated carbocycles. The van der Waals surface area contributed by atoms with E-state index in [0.29, 0.717) is 34.4 Å². The van der Waals surface area contributed by atoms with Crippen LogP contribution in [0.2, 0.25) is 5.02 Å². The van der Waals surface area contributed by atoms with Gasteiger partial charge in [-0.15, -0.1) is 17.7 Å². The molecule has 0 aliphatic rings. The lowest BCUT2D eigenvalue weighted by Gasteiger charge is -2.09. The molecule has 0 fully saturated rings. The summed E-state index contributed by atoms with van der Waals surface area (Å²) in [6, 6.07) is 7.43. The third kappa shape index (κ3) is 2.54. The lowest BCUT2D eigenvalue weighted by Crippen LogP contribution is -2.18. The van der Waals surface area contributed by atoms with Gasteiger partial charge in [0.1, 0.15) is 0 Å². The van der Waals surface area contributed by atoms with Crippen molar-refractivity contribution in [3.63, 3.8) is 0 Å². The molecule has 2 aromatic heterocycles. The summed E-state index contributed by atoms with van der Waals surface area (Å²) >= 11 is 10.2. The van der Waals surface area contributed by atoms with E-state index in [2.05, 4.69) is 27.9 Å². The molecule has 3 aromatic rings. The Balaban J connectivity index is 2.15. The number of hydrogen-bond acceptors (Lipinski definition) is 5. The number of halogens is 1. The molecular weight excluding hydrogens is 310 g/mol. The molecule has 108 valence electrons. The Hall–Kier alpha value is -1.86. The average Bonchev–Trinajstić information content (AvgIpc) is 2.89. The van der Waals surface area contributed by atoms with Crippen molar-refractivity contribution in [1.29, 1.82) is 0 Å². The fourth-order valence-electron chi connectivity index (χ4n) is 2.13. The second kappa shape index (κ2) is 5.50. The molecule has 0 spiro atoms. The molecule has 0 aliphatic heterocycles. The van der Waals surface area contributed by atoms with Crippen LogP contribution >= 0.6 is 24.2 Å². The van der Waals surface area contributed by atoms with E-state index in [1.807, 2.05) is 31.2 Å². The van der Waals surface area contributed by atoms with Gasteiger partial charge < -0.3 is 0 Å². The largest absolute Gasteiger partial charge is 0.301 e. The predicted molar refractivity (Wildman–Crippen MR) is 83.1 cm³/mol. The molecule has 0 N–H and O–H groups in total. The minimum Gasteiger partial charge on any atom is -0.298 e. The molecule has 3 rings (SSSR count). The van der Waals surface area contributed by atoms with Crippen molar-refractivity contribution in [1.82, 2.24) is 24.5 Å². The SMILES string of the molecule is CCn1nnc2c1c(=O)nc(S)n2Cc1ccc(Cl)cc1. The Kier molecular flexibility index (Phi) is 3.69. The fraction of sp³-hybridized carbons (Fsp3) is 0.231. The first-order chi connectivity index (χ1) is 10.1. The molecule has 0 unspecified atom stereocenters. The molecule has 0 bridgehead atoms. The highest BCUT2D eigenvalue weighted by molar-refractivity contribution is 7.80. The highest BCUT2D eigenvalue weighted by atomic mass is 35.5. The summed E-state index contributed by atoms with van der Waals surface area (Å²) < 4.78 is 3.29. The van der Waals surface area contributed by atoms with Crippen molar-refractivity contribution in [3.8, 4) is 0 Å². The predicted octanol–water partition coefficient (Wildman–Crippen LogP) is 2.00. The molecule has 0 radical (unpaired) electrons. The Labute approximate surface area is 130 Å². The number of benzene rings is 1. The number of aryl methyl sites for hydroxylation is 1. The van der Waals surface area contributed by atoms with Gasteiger partial charge in [0.05, 0.1) is 6.54 Å². The zero-order valence-corrected chi connectivity index (χ0v) is 12.8. The second-order valence-electron chi connectivity index (χ2n) is 4.51. The first-order valence-corrected chi connectivity index (χ1v) is 7.20. The maximum absolute atomic E-state index is 12.0. The Morgan fingerprint density at radius 2 is 2.00 bits per heavy atom. The van der Waals surface area contributed by atoms with E-state index < -0.39 is 0 Å². The Morgan fingerprint density at radius 3 is 2.67 bits per heavy atom. The molecule has 0 atom stereocenters. The van der Waals surface area contributed by atoms with Gasteiger partial charge in [0.25, 0.3) is 0 Å². The Morgan fingerprint density at radius 1 is 1.29 bits per heavy atom. The molecule has 6 nitrogen and oxygen atoms in total. The first-order valence-electron chi connectivity index (χ1n) is 6.37. The van der Waals surface area contributed by atoms with E-state index in [1.54, 1.807) is 4.57 Å². The highest BCUT2D eigenvalue weighted by Crippen LogP contribution is 2.16. The van der Waals surface area contributed by atoms with Crippen LogP contribution in [0.25, 0.3) is 11.2 Å². The first kappa shape index (κ1) is 14.1. The third-order valence-corrected chi connectivity index (χ3v) is 3.77. The smallest absolute Gasteiger partial charge is 0.298 e. The van der Waals surface area contributed by atoms with Crippen molar-refractivity contribution in [2.45, 2.75) is 25.2 Å². The van der Waals surface area contributed by atoms with E-state index in [9.17, 15) is 4.79 Å². The van der Waals surface area contributed by atoms with Crippen molar-refractivity contribution >= 4 is 35.4 Å². The molecule has 0 saturated heterocycles. The van der Waals surface area contributed by atoms with Crippen molar-refractivity contribution in [2.75, 3.05) is 0 Å². The summed E-state index contributed by atoms with van der Waals surface area (Å²) in [5, 5.41) is 9.05. The van der Waals surface area contributed by atoms with Gasteiger partial charge in [-0.1, -0.05) is 28.9 Å². The van der Waals surface area contributed by atoms with Crippen LogP contribution in [0, 0.1) is 0 Å². The maximum atomic E-state index is 12.0. The lowest BCUT2D eigenvalue weighted by atomic mass is 10.2. The van der Waals surface area contributed by atoms with Crippen LogP contribution in [0.1, 0.15) is 12.5 Å². The number of nitrogens with zero attached hydrogens (tertiary/aromatic N) is 5. The van der Waals surface area contributed by atoms with Crippen molar-refractivity contribution in [2.24, 2.45) is 0 Å². The monoisotopic (exact) mass is 321 g/mol. The number of hydrogen-bond donors (Lipinski definition) is 1. The number of rotatable bonds is 3. The van der Waals surface area contributed by atoms with Crippen LogP contribution in [0.4, 0.5) is 0 Å². The third-order valence-electron chi connectivity index (χ3n) is 3.17. The summed E-state index contributed by atoms with van der Waals surface area (Å²) in [7, 11) is 0. The average molecular weight is 322 g/mol. The summed E-state index contributed by atoms with van der Waals surface area (Å²) in [6.07, 6.45) is 0. The molecule has 0 amide bonds. The summed E-state index contributed by atoms with van der Waals surface area (Å²) in [6.45, 7) is 2.94. The van der Waals surface area contributed by atoms with Gasteiger partial charge >= 0.3 is 5.56 Å². The second-order valence-corrected chi connectivity index (χ2v) is 5.34. The minimum atomic E-state index is -0.366. The molecule has 1 aromatic carbocycles. The van der Waals surface area contributed by atoms with Gasteiger partial charge in [0, 0.05) is 11.6 Å². The van der Waals surface area contributed by atoms with Crippen molar-refractivity contribution < 1.29 is 0 Å². The standard InChI is InChI=1S/C13H12ClN5OS/c1-2-19-10-11(16-17-19)18(13(21)15-12(10)20)7-8-3-5-9(14)6-4-8/h3-6H,2,7H2,1H3,(H,15,20,21). The minimum absolute atomic E-state index is 0.311. The van der Waals surface area contributed by atoms with E-state index in [1.165, 1.54) is 4.68 Å². The van der Waals surface area contributed by atoms with Gasteiger partial charge in [0.2, 0.25) is 0 Å². The fourth-order valence-corrected chi connectivity index (χ4v) is 2.51. The molecule has 0 aliphatic carbocycles.